The van der Waals surface area contributed by atoms with Gasteiger partial charge in [0, 0.05) is 29.7 Å². The first-order valence-corrected chi connectivity index (χ1v) is 29.5. The number of benzene rings is 10. The molecule has 1 aliphatic rings. The topological polar surface area (TPSA) is 24.8 Å². The molecule has 0 fully saturated rings. The maximum Gasteiger partial charge on any atom is 0.232 e. The normalized spacial score (nSPS) is 14.6. The van der Waals surface area contributed by atoms with E-state index in [1.54, 1.807) is 0 Å². The van der Waals surface area contributed by atoms with Gasteiger partial charge in [-0.15, -0.1) is 0 Å². The fourth-order valence-corrected chi connectivity index (χ4v) is 13.5. The minimum atomic E-state index is -0.291. The number of carbonyl (C=O) groups is 1. The minimum absolute atomic E-state index is 0.0188. The van der Waals surface area contributed by atoms with Crippen molar-refractivity contribution in [2.75, 3.05) is 0 Å². The lowest BCUT2D eigenvalue weighted by Gasteiger charge is -2.38. The molecule has 82 heavy (non-hydrogen) atoms. The van der Waals surface area contributed by atoms with E-state index in [1.807, 2.05) is 24.3 Å². The van der Waals surface area contributed by atoms with Crippen molar-refractivity contribution in [1.82, 2.24) is 0 Å². The van der Waals surface area contributed by atoms with Crippen LogP contribution in [0.1, 0.15) is 85.0 Å². The lowest BCUT2D eigenvalue weighted by molar-refractivity contribution is -0.827. The molecule has 2 aromatic heterocycles. The van der Waals surface area contributed by atoms with E-state index >= 15 is 4.79 Å². The number of nitrogens with zero attached hydrogens (tertiary/aromatic N) is 2. The van der Waals surface area contributed by atoms with Crippen LogP contribution in [-0.4, -0.2) is 5.78 Å². The number of aromatic nitrogens is 2. The molecule has 3 heteroatoms. The van der Waals surface area contributed by atoms with Crippen LogP contribution in [0.25, 0.3) is 99.7 Å². The molecule has 2 atom stereocenters. The zero-order valence-electron chi connectivity index (χ0n) is 47.4. The monoisotopic (exact) mass is 1060 g/mol. The molecule has 0 spiro atoms. The summed E-state index contributed by atoms with van der Waals surface area (Å²) in [4.78, 5) is 15.3. The first kappa shape index (κ1) is 52.1. The van der Waals surface area contributed by atoms with Crippen molar-refractivity contribution < 1.29 is 13.9 Å². The Morgan fingerprint density at radius 3 is 1.68 bits per heavy atom. The van der Waals surface area contributed by atoms with Gasteiger partial charge >= 0.3 is 0 Å². The maximum atomic E-state index is 15.3. The van der Waals surface area contributed by atoms with Crippen LogP contribution < -0.4 is 9.13 Å². The van der Waals surface area contributed by atoms with Crippen molar-refractivity contribution in [3.63, 3.8) is 0 Å². The molecule has 13 rings (SSSR count). The largest absolute Gasteiger partial charge is 0.289 e. The molecule has 0 radical (unpaired) electrons. The summed E-state index contributed by atoms with van der Waals surface area (Å²) in [7, 11) is 0. The van der Waals surface area contributed by atoms with Gasteiger partial charge in [0.05, 0.1) is 27.8 Å². The third-order valence-corrected chi connectivity index (χ3v) is 17.8. The molecule has 398 valence electrons. The first-order valence-electron chi connectivity index (χ1n) is 29.5. The summed E-state index contributed by atoms with van der Waals surface area (Å²) in [6.45, 7) is 10.1. The average Bonchev–Trinajstić information content (AvgIpc) is 3.69. The molecule has 3 nitrogen and oxygen atoms in total. The van der Waals surface area contributed by atoms with E-state index < -0.39 is 0 Å². The van der Waals surface area contributed by atoms with Crippen LogP contribution in [0.4, 0.5) is 0 Å². The molecule has 0 bridgehead atoms. The molecule has 0 amide bonds. The van der Waals surface area contributed by atoms with E-state index in [0.29, 0.717) is 11.1 Å². The van der Waals surface area contributed by atoms with Crippen molar-refractivity contribution in [3.8, 4) is 78.1 Å². The summed E-state index contributed by atoms with van der Waals surface area (Å²) in [5.74, 6) is 0.247. The van der Waals surface area contributed by atoms with Crippen LogP contribution in [0.15, 0.2) is 261 Å². The van der Waals surface area contributed by atoms with Crippen LogP contribution in [0.5, 0.6) is 0 Å². The van der Waals surface area contributed by atoms with Crippen molar-refractivity contribution in [2.45, 2.75) is 77.8 Å². The Hall–Kier alpha value is -9.31. The summed E-state index contributed by atoms with van der Waals surface area (Å²) in [5, 5.41) is 5.12. The lowest BCUT2D eigenvalue weighted by Crippen LogP contribution is -2.68. The van der Waals surface area contributed by atoms with E-state index in [1.165, 1.54) is 73.6 Å². The third kappa shape index (κ3) is 9.54. The van der Waals surface area contributed by atoms with Gasteiger partial charge in [-0.2, -0.15) is 9.13 Å². The van der Waals surface area contributed by atoms with E-state index in [4.69, 9.17) is 0 Å². The molecule has 3 heterocycles. The summed E-state index contributed by atoms with van der Waals surface area (Å²) >= 11 is 0. The highest BCUT2D eigenvalue weighted by Gasteiger charge is 2.55. The molecular formula is C79H68N2O+2. The van der Waals surface area contributed by atoms with Gasteiger partial charge in [0.1, 0.15) is 0 Å². The Kier molecular flexibility index (Phi) is 14.2. The average molecular weight is 1060 g/mol. The van der Waals surface area contributed by atoms with Crippen LogP contribution in [0, 0.1) is 6.92 Å². The van der Waals surface area contributed by atoms with Gasteiger partial charge in [-0.3, -0.25) is 4.79 Å². The third-order valence-electron chi connectivity index (χ3n) is 17.8. The van der Waals surface area contributed by atoms with Gasteiger partial charge in [0.15, 0.2) is 18.2 Å². The molecule has 0 aliphatic carbocycles. The SMILES string of the molecule is CCCCc1cccc2c3[n+](ccc12)C(CC)(C[n+]1ccc2ccccc2c1-c1cc(-c2cccc(C(=O)c4cc(-c5cccc(-c6ccccc6)c5)cc(-c5cccc(-c6ccccc6)c5)c4)c2)ccc1C)C(CC)c1ccccc1-3. The van der Waals surface area contributed by atoms with Crippen molar-refractivity contribution in [3.05, 3.63) is 289 Å². The quantitative estimate of drug-likeness (QED) is 0.0742. The van der Waals surface area contributed by atoms with Crippen molar-refractivity contribution >= 4 is 27.3 Å². The number of rotatable bonds is 15. The smallest absolute Gasteiger partial charge is 0.232 e. The number of aryl methyl sites for hydroxylation is 2. The van der Waals surface area contributed by atoms with Crippen LogP contribution in [0.3, 0.4) is 0 Å². The molecule has 10 aromatic carbocycles. The molecule has 0 N–H and O–H groups in total. The lowest BCUT2D eigenvalue weighted by atomic mass is 9.70. The van der Waals surface area contributed by atoms with Gasteiger partial charge in [0.25, 0.3) is 0 Å². The Labute approximate surface area is 483 Å². The Morgan fingerprint density at radius 1 is 0.439 bits per heavy atom. The fourth-order valence-electron chi connectivity index (χ4n) is 13.5. The zero-order chi connectivity index (χ0) is 55.7. The predicted octanol–water partition coefficient (Wildman–Crippen LogP) is 19.4. The second-order valence-corrected chi connectivity index (χ2v) is 22.5. The number of hydrogen-bond donors (Lipinski definition) is 0. The second kappa shape index (κ2) is 22.3. The molecular weight excluding hydrogens is 993 g/mol. The van der Waals surface area contributed by atoms with Crippen LogP contribution in [0.2, 0.25) is 0 Å². The number of pyridine rings is 2. The maximum absolute atomic E-state index is 15.3. The zero-order valence-corrected chi connectivity index (χ0v) is 47.4. The van der Waals surface area contributed by atoms with Gasteiger partial charge in [-0.05, 0) is 170 Å². The molecule has 0 saturated heterocycles. The number of carbonyl (C=O) groups excluding carboxylic acids is 1. The standard InChI is InChI=1S/C79H68N2O/c1-5-8-23-57-29-22-39-72-69(57)43-45-81-77(72)73-38-18-17-37-71(73)75(6-2)79(81,7-3)53-80-44-42-58-28-15-16-36-70(58)76(80)74-52-64(41-40-54(74)4)61-32-21-35-65(48-61)78(82)68-50-66(62-33-19-30-59(46-62)55-24-11-9-12-25-55)49-67(51-68)63-34-20-31-60(47-63)56-26-13-10-14-27-56/h9-22,24-52,75H,5-8,23,53H2,1-4H3/q+2. The highest BCUT2D eigenvalue weighted by atomic mass is 16.1. The Bertz CT molecular complexity index is 4260. The molecule has 0 saturated carbocycles. The number of hydrogen-bond acceptors (Lipinski definition) is 1. The second-order valence-electron chi connectivity index (χ2n) is 22.5. The number of ketones is 1. The number of fused-ring (bicyclic) bond motifs is 6. The van der Waals surface area contributed by atoms with Gasteiger partial charge < -0.3 is 0 Å². The van der Waals surface area contributed by atoms with E-state index in [0.717, 1.165) is 81.4 Å². The van der Waals surface area contributed by atoms with E-state index in [-0.39, 0.29) is 17.2 Å². The first-order chi connectivity index (χ1) is 40.3. The summed E-state index contributed by atoms with van der Waals surface area (Å²) in [6.07, 6.45) is 10.2. The van der Waals surface area contributed by atoms with Gasteiger partial charge in [0.2, 0.25) is 23.5 Å². The van der Waals surface area contributed by atoms with E-state index in [9.17, 15) is 0 Å². The summed E-state index contributed by atoms with van der Waals surface area (Å²) in [5.41, 5.74) is 20.8. The summed E-state index contributed by atoms with van der Waals surface area (Å²) < 4.78 is 5.26. The predicted molar refractivity (Wildman–Crippen MR) is 341 cm³/mol. The Morgan fingerprint density at radius 2 is 1.00 bits per heavy atom. The molecule has 1 aliphatic heterocycles. The van der Waals surface area contributed by atoms with Gasteiger partial charge in [-0.1, -0.05) is 203 Å². The van der Waals surface area contributed by atoms with Crippen molar-refractivity contribution in [1.29, 1.82) is 0 Å². The van der Waals surface area contributed by atoms with E-state index in [2.05, 4.69) is 274 Å². The fraction of sp³-hybridized carbons (Fsp3) is 0.152. The number of unbranched alkanes of at least 4 members (excludes halogenated alkanes) is 1. The highest BCUT2D eigenvalue weighted by molar-refractivity contribution is 6.11. The van der Waals surface area contributed by atoms with Crippen LogP contribution >= 0.6 is 0 Å². The van der Waals surface area contributed by atoms with Crippen LogP contribution in [-0.2, 0) is 18.5 Å². The highest BCUT2D eigenvalue weighted by Crippen LogP contribution is 2.48. The minimum Gasteiger partial charge on any atom is -0.289 e. The van der Waals surface area contributed by atoms with Gasteiger partial charge in [-0.25, -0.2) is 0 Å². The molecule has 2 unspecified atom stereocenters. The molecule has 12 aromatic rings. The Balaban J connectivity index is 0.913. The van der Waals surface area contributed by atoms with Crippen molar-refractivity contribution in [2.24, 2.45) is 0 Å². The summed E-state index contributed by atoms with van der Waals surface area (Å²) in [6, 6.07) is 89.6.